The highest BCUT2D eigenvalue weighted by molar-refractivity contribution is 7.99. The minimum atomic E-state index is 0.660. The molecule has 1 N–H and O–H groups in total. The van der Waals surface area contributed by atoms with E-state index in [1.165, 1.54) is 23.5 Å². The molecule has 0 saturated carbocycles. The molecule has 0 aliphatic carbocycles. The summed E-state index contributed by atoms with van der Waals surface area (Å²) >= 11 is 2.02. The number of thioether (sulfide) groups is 1. The van der Waals surface area contributed by atoms with Gasteiger partial charge in [-0.1, -0.05) is 6.07 Å². The first kappa shape index (κ1) is 12.6. The number of methoxy groups -OCH3 is 2. The largest absolute Gasteiger partial charge is 0.493 e. The molecule has 1 aromatic rings. The van der Waals surface area contributed by atoms with Crippen molar-refractivity contribution >= 4 is 11.8 Å². The highest BCUT2D eigenvalue weighted by atomic mass is 32.2. The van der Waals surface area contributed by atoms with Gasteiger partial charge >= 0.3 is 0 Å². The van der Waals surface area contributed by atoms with Crippen molar-refractivity contribution in [3.05, 3.63) is 23.8 Å². The lowest BCUT2D eigenvalue weighted by Crippen LogP contribution is -2.27. The van der Waals surface area contributed by atoms with Crippen LogP contribution in [0.25, 0.3) is 0 Å². The Morgan fingerprint density at radius 1 is 1.29 bits per heavy atom. The molecule has 1 saturated heterocycles. The van der Waals surface area contributed by atoms with Crippen LogP contribution >= 0.6 is 11.8 Å². The summed E-state index contributed by atoms with van der Waals surface area (Å²) in [6.07, 6.45) is 1.28. The van der Waals surface area contributed by atoms with Gasteiger partial charge in [0.05, 0.1) is 14.2 Å². The molecule has 0 unspecified atom stereocenters. The maximum Gasteiger partial charge on any atom is 0.161 e. The molecule has 0 amide bonds. The van der Waals surface area contributed by atoms with Gasteiger partial charge in [0.2, 0.25) is 0 Å². The summed E-state index contributed by atoms with van der Waals surface area (Å²) in [7, 11) is 3.33. The quantitative estimate of drug-likeness (QED) is 0.872. The first-order valence-electron chi connectivity index (χ1n) is 5.85. The van der Waals surface area contributed by atoms with Gasteiger partial charge in [0.15, 0.2) is 11.5 Å². The Bertz CT molecular complexity index is 364. The first-order chi connectivity index (χ1) is 8.33. The van der Waals surface area contributed by atoms with Gasteiger partial charge < -0.3 is 14.8 Å². The summed E-state index contributed by atoms with van der Waals surface area (Å²) in [6.45, 7) is 0.894. The molecule has 17 heavy (non-hydrogen) atoms. The Morgan fingerprint density at radius 3 is 2.76 bits per heavy atom. The fourth-order valence-electron chi connectivity index (χ4n) is 1.95. The molecule has 1 atom stereocenters. The Balaban J connectivity index is 1.95. The number of hydrogen-bond acceptors (Lipinski definition) is 4. The average Bonchev–Trinajstić information content (AvgIpc) is 2.89. The van der Waals surface area contributed by atoms with Gasteiger partial charge in [0.25, 0.3) is 0 Å². The zero-order chi connectivity index (χ0) is 12.1. The van der Waals surface area contributed by atoms with Crippen LogP contribution in [0.5, 0.6) is 11.5 Å². The predicted molar refractivity (Wildman–Crippen MR) is 72.1 cm³/mol. The third-order valence-corrected chi connectivity index (χ3v) is 4.13. The van der Waals surface area contributed by atoms with Crippen molar-refractivity contribution in [2.45, 2.75) is 19.0 Å². The highest BCUT2D eigenvalue weighted by Gasteiger charge is 2.14. The van der Waals surface area contributed by atoms with Gasteiger partial charge in [-0.05, 0) is 29.9 Å². The normalized spacial score (nSPS) is 19.3. The van der Waals surface area contributed by atoms with Gasteiger partial charge in [-0.3, -0.25) is 0 Å². The van der Waals surface area contributed by atoms with Gasteiger partial charge in [-0.15, -0.1) is 0 Å². The van der Waals surface area contributed by atoms with Gasteiger partial charge in [0, 0.05) is 18.3 Å². The number of nitrogens with one attached hydrogen (secondary N) is 1. The molecule has 4 heteroatoms. The average molecular weight is 253 g/mol. The third kappa shape index (κ3) is 3.30. The van der Waals surface area contributed by atoms with E-state index in [0.717, 1.165) is 18.0 Å². The maximum absolute atomic E-state index is 5.29. The molecule has 1 aliphatic heterocycles. The van der Waals surface area contributed by atoms with Crippen LogP contribution in [-0.4, -0.2) is 31.8 Å². The summed E-state index contributed by atoms with van der Waals surface area (Å²) in [4.78, 5) is 0. The number of benzene rings is 1. The number of rotatable bonds is 5. The van der Waals surface area contributed by atoms with Gasteiger partial charge in [-0.2, -0.15) is 11.8 Å². The molecular formula is C13H19NO2S. The summed E-state index contributed by atoms with van der Waals surface area (Å²) < 4.78 is 10.5. The van der Waals surface area contributed by atoms with Crippen molar-refractivity contribution in [1.29, 1.82) is 0 Å². The molecule has 0 aromatic heterocycles. The highest BCUT2D eigenvalue weighted by Crippen LogP contribution is 2.27. The lowest BCUT2D eigenvalue weighted by molar-refractivity contribution is 0.354. The predicted octanol–water partition coefficient (Wildman–Crippen LogP) is 2.30. The Hall–Kier alpha value is -0.870. The Morgan fingerprint density at radius 2 is 2.12 bits per heavy atom. The fraction of sp³-hybridized carbons (Fsp3) is 0.538. The van der Waals surface area contributed by atoms with Crippen LogP contribution in [-0.2, 0) is 6.54 Å². The molecule has 94 valence electrons. The van der Waals surface area contributed by atoms with E-state index in [1.807, 2.05) is 23.9 Å². The zero-order valence-corrected chi connectivity index (χ0v) is 11.2. The molecule has 3 nitrogen and oxygen atoms in total. The molecule has 1 aliphatic rings. The second-order valence-corrected chi connectivity index (χ2v) is 5.28. The van der Waals surface area contributed by atoms with E-state index in [0.29, 0.717) is 6.04 Å². The second-order valence-electron chi connectivity index (χ2n) is 4.13. The van der Waals surface area contributed by atoms with E-state index in [-0.39, 0.29) is 0 Å². The van der Waals surface area contributed by atoms with Crippen molar-refractivity contribution in [1.82, 2.24) is 5.32 Å². The molecule has 1 heterocycles. The van der Waals surface area contributed by atoms with Crippen molar-refractivity contribution < 1.29 is 9.47 Å². The van der Waals surface area contributed by atoms with E-state index in [9.17, 15) is 0 Å². The van der Waals surface area contributed by atoms with Crippen LogP contribution in [0.15, 0.2) is 18.2 Å². The molecule has 1 aromatic carbocycles. The molecule has 0 spiro atoms. The standard InChI is InChI=1S/C13H19NO2S/c1-15-12-4-3-10(7-13(12)16-2)8-14-11-5-6-17-9-11/h3-4,7,11,14H,5-6,8-9H2,1-2H3/t11-/m1/s1. The van der Waals surface area contributed by atoms with Crippen LogP contribution in [0.3, 0.4) is 0 Å². The molecule has 1 fully saturated rings. The molecule has 0 bridgehead atoms. The van der Waals surface area contributed by atoms with Crippen molar-refractivity contribution in [2.75, 3.05) is 25.7 Å². The van der Waals surface area contributed by atoms with Crippen LogP contribution in [0.2, 0.25) is 0 Å². The third-order valence-electron chi connectivity index (χ3n) is 2.97. The van der Waals surface area contributed by atoms with Crippen molar-refractivity contribution in [3.8, 4) is 11.5 Å². The number of hydrogen-bond donors (Lipinski definition) is 1. The lowest BCUT2D eigenvalue weighted by Gasteiger charge is -2.13. The van der Waals surface area contributed by atoms with Crippen LogP contribution in [0, 0.1) is 0 Å². The summed E-state index contributed by atoms with van der Waals surface area (Å²) in [5.74, 6) is 4.09. The summed E-state index contributed by atoms with van der Waals surface area (Å²) in [5, 5.41) is 3.57. The second kappa shape index (κ2) is 6.17. The Kier molecular flexibility index (Phi) is 4.57. The fourth-order valence-corrected chi connectivity index (χ4v) is 3.14. The molecule has 0 radical (unpaired) electrons. The van der Waals surface area contributed by atoms with Crippen LogP contribution in [0.1, 0.15) is 12.0 Å². The monoisotopic (exact) mass is 253 g/mol. The van der Waals surface area contributed by atoms with Crippen LogP contribution in [0.4, 0.5) is 0 Å². The summed E-state index contributed by atoms with van der Waals surface area (Å²) in [6, 6.07) is 6.73. The minimum Gasteiger partial charge on any atom is -0.493 e. The van der Waals surface area contributed by atoms with Gasteiger partial charge in [0.1, 0.15) is 0 Å². The van der Waals surface area contributed by atoms with Crippen LogP contribution < -0.4 is 14.8 Å². The van der Waals surface area contributed by atoms with E-state index in [4.69, 9.17) is 9.47 Å². The number of ether oxygens (including phenoxy) is 2. The molecule has 2 rings (SSSR count). The Labute approximate surface area is 107 Å². The smallest absolute Gasteiger partial charge is 0.161 e. The first-order valence-corrected chi connectivity index (χ1v) is 7.01. The topological polar surface area (TPSA) is 30.5 Å². The van der Waals surface area contributed by atoms with E-state index in [2.05, 4.69) is 11.4 Å². The van der Waals surface area contributed by atoms with Crippen molar-refractivity contribution in [2.24, 2.45) is 0 Å². The van der Waals surface area contributed by atoms with E-state index >= 15 is 0 Å². The van der Waals surface area contributed by atoms with Gasteiger partial charge in [-0.25, -0.2) is 0 Å². The molecular weight excluding hydrogens is 234 g/mol. The SMILES string of the molecule is COc1ccc(CN[C@@H]2CCSC2)cc1OC. The summed E-state index contributed by atoms with van der Waals surface area (Å²) in [5.41, 5.74) is 1.24. The zero-order valence-electron chi connectivity index (χ0n) is 10.4. The maximum atomic E-state index is 5.29. The minimum absolute atomic E-state index is 0.660. The van der Waals surface area contributed by atoms with Crippen molar-refractivity contribution in [3.63, 3.8) is 0 Å². The van der Waals surface area contributed by atoms with E-state index in [1.54, 1.807) is 14.2 Å². The van der Waals surface area contributed by atoms with E-state index < -0.39 is 0 Å². The lowest BCUT2D eigenvalue weighted by atomic mass is 10.2.